The minimum Gasteiger partial charge on any atom is -0.497 e. The summed E-state index contributed by atoms with van der Waals surface area (Å²) in [4.78, 5) is 38.4. The lowest BCUT2D eigenvalue weighted by atomic mass is 10.1. The molecule has 272 valence electrons. The van der Waals surface area contributed by atoms with E-state index >= 15 is 0 Å². The topological polar surface area (TPSA) is 93.3 Å². The Balaban J connectivity index is 0.886. The first-order valence-corrected chi connectivity index (χ1v) is 19.0. The number of carbonyl (C=O) groups is 1. The molecule has 3 aliphatic heterocycles. The predicted octanol–water partition coefficient (Wildman–Crippen LogP) is 5.32. The maximum absolute atomic E-state index is 13.9. The van der Waals surface area contributed by atoms with Crippen molar-refractivity contribution in [2.24, 2.45) is 12.0 Å². The highest BCUT2D eigenvalue weighted by Crippen LogP contribution is 2.42. The molecule has 3 aromatic heterocycles. The van der Waals surface area contributed by atoms with Crippen LogP contribution in [0.5, 0.6) is 11.5 Å². The molecule has 0 saturated heterocycles. The van der Waals surface area contributed by atoms with Gasteiger partial charge >= 0.3 is 11.5 Å². The van der Waals surface area contributed by atoms with Crippen molar-refractivity contribution >= 4 is 46.0 Å². The smallest absolute Gasteiger partial charge is 0.366 e. The molecule has 13 heteroatoms. The van der Waals surface area contributed by atoms with Gasteiger partial charge in [0.1, 0.15) is 39.6 Å². The zero-order valence-corrected chi connectivity index (χ0v) is 30.9. The van der Waals surface area contributed by atoms with Gasteiger partial charge in [0, 0.05) is 38.7 Å². The number of hydrogen-bond donors (Lipinski definition) is 0. The minimum atomic E-state index is -0.115. The molecule has 2 saturated carbocycles. The largest absolute Gasteiger partial charge is 0.497 e. The van der Waals surface area contributed by atoms with Crippen molar-refractivity contribution in [1.29, 1.82) is 0 Å². The number of fused-ring (bicyclic) bond motifs is 10. The Labute approximate surface area is 312 Å². The maximum Gasteiger partial charge on any atom is 0.366 e. The average Bonchev–Trinajstić information content (AvgIpc) is 4.01. The van der Waals surface area contributed by atoms with Crippen molar-refractivity contribution in [3.8, 4) is 11.5 Å². The Kier molecular flexibility index (Phi) is 7.44. The Hall–Kier alpha value is -5.23. The number of amides is 1. The van der Waals surface area contributed by atoms with Crippen LogP contribution in [0.3, 0.4) is 0 Å². The van der Waals surface area contributed by atoms with Gasteiger partial charge in [-0.05, 0) is 73.9 Å². The van der Waals surface area contributed by atoms with Crippen LogP contribution in [0.25, 0.3) is 10.9 Å². The number of rotatable bonds is 8. The maximum atomic E-state index is 13.9. The molecule has 5 aliphatic rings. The lowest BCUT2D eigenvalue weighted by molar-refractivity contribution is -0.677. The highest BCUT2D eigenvalue weighted by atomic mass is 35.5. The SMILES string of the molecule is COc1ccc(Cn2cc3c(c2Cl)c(=O)n(C)c2[n+]3C3CCCC3N2COc2ccc(Cn3cc4c(c3)N3C(=NC5CCCC53)N(C)C4=O)cc2)cc1. The van der Waals surface area contributed by atoms with Gasteiger partial charge in [0.15, 0.2) is 0 Å². The molecule has 0 N–H and O–H groups in total. The average molecular weight is 734 g/mol. The van der Waals surface area contributed by atoms with Gasteiger partial charge in [0.25, 0.3) is 5.91 Å². The first kappa shape index (κ1) is 32.4. The van der Waals surface area contributed by atoms with E-state index in [1.165, 1.54) is 6.42 Å². The number of halogens is 1. The van der Waals surface area contributed by atoms with Gasteiger partial charge in [-0.3, -0.25) is 9.69 Å². The Morgan fingerprint density at radius 2 is 1.58 bits per heavy atom. The quantitative estimate of drug-likeness (QED) is 0.201. The molecule has 6 heterocycles. The second kappa shape index (κ2) is 12.2. The van der Waals surface area contributed by atoms with Gasteiger partial charge in [0.2, 0.25) is 12.7 Å². The van der Waals surface area contributed by atoms with E-state index < -0.39 is 0 Å². The fraction of sp³-hybridized carbons (Fsp3) is 0.400. The molecule has 2 fully saturated rings. The molecule has 12 nitrogen and oxygen atoms in total. The summed E-state index contributed by atoms with van der Waals surface area (Å²) in [7, 11) is 5.32. The third-order valence-corrected chi connectivity index (χ3v) is 12.5. The summed E-state index contributed by atoms with van der Waals surface area (Å²) >= 11 is 6.96. The van der Waals surface area contributed by atoms with Crippen LogP contribution in [-0.4, -0.2) is 69.5 Å². The lowest BCUT2D eigenvalue weighted by Gasteiger charge is -2.35. The van der Waals surface area contributed by atoms with E-state index in [4.69, 9.17) is 26.1 Å². The first-order chi connectivity index (χ1) is 25.8. The monoisotopic (exact) mass is 733 g/mol. The first-order valence-electron chi connectivity index (χ1n) is 18.6. The van der Waals surface area contributed by atoms with E-state index in [1.54, 1.807) is 16.6 Å². The van der Waals surface area contributed by atoms with Crippen molar-refractivity contribution < 1.29 is 18.8 Å². The van der Waals surface area contributed by atoms with Crippen molar-refractivity contribution in [2.45, 2.75) is 75.8 Å². The second-order valence-electron chi connectivity index (χ2n) is 15.1. The Morgan fingerprint density at radius 1 is 0.868 bits per heavy atom. The van der Waals surface area contributed by atoms with Crippen LogP contribution in [0, 0.1) is 0 Å². The number of benzene rings is 2. The zero-order chi connectivity index (χ0) is 36.1. The molecule has 5 aromatic rings. The number of aromatic nitrogens is 4. The third-order valence-electron chi connectivity index (χ3n) is 12.1. The van der Waals surface area contributed by atoms with E-state index in [-0.39, 0.29) is 29.6 Å². The molecule has 0 bridgehead atoms. The summed E-state index contributed by atoms with van der Waals surface area (Å²) in [6.07, 6.45) is 12.6. The van der Waals surface area contributed by atoms with Crippen molar-refractivity contribution in [3.63, 3.8) is 0 Å². The van der Waals surface area contributed by atoms with Gasteiger partial charge in [0.05, 0.1) is 37.5 Å². The van der Waals surface area contributed by atoms with Gasteiger partial charge in [-0.2, -0.15) is 4.57 Å². The van der Waals surface area contributed by atoms with Gasteiger partial charge in [-0.15, -0.1) is 0 Å². The number of methoxy groups -OCH3 is 1. The fourth-order valence-electron chi connectivity index (χ4n) is 9.54. The van der Waals surface area contributed by atoms with E-state index in [0.717, 1.165) is 83.4 Å². The second-order valence-corrected chi connectivity index (χ2v) is 15.5. The van der Waals surface area contributed by atoms with E-state index in [9.17, 15) is 9.59 Å². The van der Waals surface area contributed by atoms with E-state index in [2.05, 4.69) is 37.3 Å². The molecular weight excluding hydrogens is 692 g/mol. The van der Waals surface area contributed by atoms with E-state index in [1.807, 2.05) is 67.5 Å². The standard InChI is InChI=1S/C40H42ClN8O4/c1-43-37(50)28-20-45(21-33(28)48-30-7-4-6-29(30)42-39(43)48)18-24-12-16-27(17-13-24)53-23-47-31-8-5-9-32(31)49-34-22-46(19-25-10-14-26(52-3)15-11-25)36(41)35(34)38(51)44(2)40(47)49/h10-17,20-22,29-32H,4-9,18-19,23H2,1-3H3/q+1. The van der Waals surface area contributed by atoms with Crippen LogP contribution >= 0.6 is 11.6 Å². The molecule has 1 amide bonds. The van der Waals surface area contributed by atoms with Crippen molar-refractivity contribution in [3.05, 3.63) is 99.3 Å². The lowest BCUT2D eigenvalue weighted by Crippen LogP contribution is -2.50. The summed E-state index contributed by atoms with van der Waals surface area (Å²) in [6.45, 7) is 1.50. The minimum absolute atomic E-state index is 0.00363. The van der Waals surface area contributed by atoms with Gasteiger partial charge in [-0.25, -0.2) is 19.3 Å². The molecular formula is C40H42ClN8O4+. The van der Waals surface area contributed by atoms with Gasteiger partial charge < -0.3 is 23.5 Å². The van der Waals surface area contributed by atoms with Crippen molar-refractivity contribution in [2.75, 3.05) is 30.7 Å². The van der Waals surface area contributed by atoms with Gasteiger partial charge in [-0.1, -0.05) is 35.9 Å². The molecule has 2 aliphatic carbocycles. The van der Waals surface area contributed by atoms with Crippen LogP contribution in [0.4, 0.5) is 11.6 Å². The number of aliphatic imine (C=N–C) groups is 1. The van der Waals surface area contributed by atoms with Crippen LogP contribution in [0.2, 0.25) is 5.15 Å². The van der Waals surface area contributed by atoms with Crippen LogP contribution in [-0.2, 0) is 20.1 Å². The van der Waals surface area contributed by atoms with E-state index in [0.29, 0.717) is 36.4 Å². The highest BCUT2D eigenvalue weighted by Gasteiger charge is 2.51. The number of guanidine groups is 1. The Morgan fingerprint density at radius 3 is 2.36 bits per heavy atom. The normalized spacial score (nSPS) is 22.6. The van der Waals surface area contributed by atoms with Crippen LogP contribution in [0.15, 0.2) is 76.9 Å². The molecule has 0 spiro atoms. The zero-order valence-electron chi connectivity index (χ0n) is 30.1. The fourth-order valence-corrected chi connectivity index (χ4v) is 9.83. The summed E-state index contributed by atoms with van der Waals surface area (Å²) in [6, 6.07) is 17.1. The summed E-state index contributed by atoms with van der Waals surface area (Å²) in [5, 5.41) is 0.999. The summed E-state index contributed by atoms with van der Waals surface area (Å²) < 4.78 is 19.9. The molecule has 4 unspecified atom stereocenters. The summed E-state index contributed by atoms with van der Waals surface area (Å²) in [5.41, 5.74) is 4.63. The molecule has 2 aromatic carbocycles. The number of hydrogen-bond acceptors (Lipinski definition) is 7. The third kappa shape index (κ3) is 4.94. The van der Waals surface area contributed by atoms with Crippen LogP contribution < -0.4 is 29.4 Å². The van der Waals surface area contributed by atoms with Crippen molar-refractivity contribution in [1.82, 2.24) is 18.6 Å². The molecule has 4 atom stereocenters. The summed E-state index contributed by atoms with van der Waals surface area (Å²) in [5.74, 6) is 3.19. The molecule has 0 radical (unpaired) electrons. The molecule has 10 rings (SSSR count). The predicted molar refractivity (Wildman–Crippen MR) is 203 cm³/mol. The number of ether oxygens (including phenoxy) is 2. The number of carbonyl (C=O) groups excluding carboxylic acids is 1. The molecule has 53 heavy (non-hydrogen) atoms. The van der Waals surface area contributed by atoms with Crippen LogP contribution in [0.1, 0.15) is 66.1 Å². The highest BCUT2D eigenvalue weighted by molar-refractivity contribution is 6.34. The number of nitrogens with zero attached hydrogens (tertiary/aromatic N) is 8. The Bertz CT molecular complexity index is 2380. The number of anilines is 2.